The molecule has 2 amide bonds. The highest BCUT2D eigenvalue weighted by Gasteiger charge is 2.26. The number of hydrogen-bond acceptors (Lipinski definition) is 3. The monoisotopic (exact) mass is 466 g/mol. The van der Waals surface area contributed by atoms with Gasteiger partial charge in [0.1, 0.15) is 11.8 Å². The van der Waals surface area contributed by atoms with Gasteiger partial charge in [0.2, 0.25) is 5.91 Å². The quantitative estimate of drug-likeness (QED) is 0.625. The van der Waals surface area contributed by atoms with E-state index in [1.165, 1.54) is 4.90 Å². The second-order valence-corrected chi connectivity index (χ2v) is 8.09. The fourth-order valence-corrected chi connectivity index (χ4v) is 3.15. The fraction of sp³-hybridized carbons (Fsp3) is 0.333. The third-order valence-electron chi connectivity index (χ3n) is 4.02. The van der Waals surface area contributed by atoms with Gasteiger partial charge in [0.05, 0.1) is 0 Å². The lowest BCUT2D eigenvalue weighted by Crippen LogP contribution is -2.50. The Hall–Kier alpha value is -2.05. The first kappa shape index (κ1) is 22.2. The van der Waals surface area contributed by atoms with E-state index in [4.69, 9.17) is 16.3 Å². The van der Waals surface area contributed by atoms with E-state index in [1.54, 1.807) is 31.2 Å². The Morgan fingerprint density at radius 2 is 1.82 bits per heavy atom. The zero-order valence-electron chi connectivity index (χ0n) is 16.1. The van der Waals surface area contributed by atoms with E-state index >= 15 is 0 Å². The SMILES string of the molecule is CC(C)NC(=O)C(C)N(Cc1cccc(Br)c1)C(=O)COc1ccc(Cl)cc1. The van der Waals surface area contributed by atoms with Crippen LogP contribution in [-0.2, 0) is 16.1 Å². The van der Waals surface area contributed by atoms with Crippen LogP contribution in [0.25, 0.3) is 0 Å². The standard InChI is InChI=1S/C21H24BrClN2O3/c1-14(2)24-21(27)15(3)25(12-16-5-4-6-17(22)11-16)20(26)13-28-19-9-7-18(23)8-10-19/h4-11,14-15H,12-13H2,1-3H3,(H,24,27). The predicted molar refractivity (Wildman–Crippen MR) is 114 cm³/mol. The van der Waals surface area contributed by atoms with Crippen molar-refractivity contribution in [1.29, 1.82) is 0 Å². The number of nitrogens with zero attached hydrogens (tertiary/aromatic N) is 1. The molecule has 0 saturated carbocycles. The van der Waals surface area contributed by atoms with Gasteiger partial charge in [0.15, 0.2) is 6.61 Å². The lowest BCUT2D eigenvalue weighted by Gasteiger charge is -2.29. The molecule has 0 fully saturated rings. The van der Waals surface area contributed by atoms with Crippen LogP contribution in [0.1, 0.15) is 26.3 Å². The van der Waals surface area contributed by atoms with Crippen LogP contribution >= 0.6 is 27.5 Å². The summed E-state index contributed by atoms with van der Waals surface area (Å²) < 4.78 is 6.50. The van der Waals surface area contributed by atoms with Crippen molar-refractivity contribution in [2.24, 2.45) is 0 Å². The van der Waals surface area contributed by atoms with Crippen molar-refractivity contribution in [3.8, 4) is 5.75 Å². The molecule has 28 heavy (non-hydrogen) atoms. The Balaban J connectivity index is 2.14. The van der Waals surface area contributed by atoms with Crippen LogP contribution in [-0.4, -0.2) is 35.4 Å². The summed E-state index contributed by atoms with van der Waals surface area (Å²) in [7, 11) is 0. The molecule has 2 aromatic rings. The molecule has 2 rings (SSSR count). The molecule has 5 nitrogen and oxygen atoms in total. The minimum atomic E-state index is -0.636. The molecule has 1 atom stereocenters. The topological polar surface area (TPSA) is 58.6 Å². The maximum absolute atomic E-state index is 12.9. The van der Waals surface area contributed by atoms with Crippen molar-refractivity contribution in [2.75, 3.05) is 6.61 Å². The Bertz CT molecular complexity index is 812. The molecule has 150 valence electrons. The third-order valence-corrected chi connectivity index (χ3v) is 4.76. The summed E-state index contributed by atoms with van der Waals surface area (Å²) in [5, 5.41) is 3.45. The molecule has 0 spiro atoms. The molecule has 0 aliphatic rings. The van der Waals surface area contributed by atoms with Crippen molar-refractivity contribution in [1.82, 2.24) is 10.2 Å². The fourth-order valence-electron chi connectivity index (χ4n) is 2.58. The van der Waals surface area contributed by atoms with E-state index in [1.807, 2.05) is 38.1 Å². The van der Waals surface area contributed by atoms with Gasteiger partial charge >= 0.3 is 0 Å². The van der Waals surface area contributed by atoms with Crippen molar-refractivity contribution in [2.45, 2.75) is 39.4 Å². The predicted octanol–water partition coefficient (Wildman–Crippen LogP) is 4.42. The molecule has 0 aliphatic heterocycles. The normalized spacial score (nSPS) is 11.8. The van der Waals surface area contributed by atoms with Gasteiger partial charge in [-0.1, -0.05) is 39.7 Å². The van der Waals surface area contributed by atoms with Gasteiger partial charge in [0, 0.05) is 22.1 Å². The Kier molecular flexibility index (Phi) is 8.33. The van der Waals surface area contributed by atoms with Crippen LogP contribution in [0, 0.1) is 0 Å². The van der Waals surface area contributed by atoms with Crippen molar-refractivity contribution in [3.63, 3.8) is 0 Å². The smallest absolute Gasteiger partial charge is 0.261 e. The minimum absolute atomic E-state index is 0.0110. The molecular weight excluding hydrogens is 444 g/mol. The highest BCUT2D eigenvalue weighted by Crippen LogP contribution is 2.18. The van der Waals surface area contributed by atoms with E-state index < -0.39 is 6.04 Å². The molecule has 0 aromatic heterocycles. The number of ether oxygens (including phenoxy) is 1. The summed E-state index contributed by atoms with van der Waals surface area (Å²) in [6.07, 6.45) is 0. The summed E-state index contributed by atoms with van der Waals surface area (Å²) in [6, 6.07) is 13.8. The Morgan fingerprint density at radius 3 is 2.43 bits per heavy atom. The number of nitrogens with one attached hydrogen (secondary N) is 1. The zero-order chi connectivity index (χ0) is 20.7. The lowest BCUT2D eigenvalue weighted by molar-refractivity contribution is -0.142. The maximum Gasteiger partial charge on any atom is 0.261 e. The molecule has 0 aliphatic carbocycles. The van der Waals surface area contributed by atoms with E-state index in [0.29, 0.717) is 17.3 Å². The first-order valence-corrected chi connectivity index (χ1v) is 10.2. The molecule has 0 saturated heterocycles. The van der Waals surface area contributed by atoms with E-state index in [0.717, 1.165) is 10.0 Å². The molecular formula is C21H24BrClN2O3. The Morgan fingerprint density at radius 1 is 1.14 bits per heavy atom. The first-order chi connectivity index (χ1) is 13.3. The van der Waals surface area contributed by atoms with Crippen molar-refractivity contribution in [3.05, 3.63) is 63.6 Å². The van der Waals surface area contributed by atoms with Crippen LogP contribution in [0.2, 0.25) is 5.02 Å². The van der Waals surface area contributed by atoms with Gasteiger partial charge in [0.25, 0.3) is 5.91 Å². The minimum Gasteiger partial charge on any atom is -0.484 e. The lowest BCUT2D eigenvalue weighted by atomic mass is 10.1. The van der Waals surface area contributed by atoms with Crippen LogP contribution in [0.3, 0.4) is 0 Å². The zero-order valence-corrected chi connectivity index (χ0v) is 18.5. The van der Waals surface area contributed by atoms with Gasteiger partial charge in [-0.2, -0.15) is 0 Å². The summed E-state index contributed by atoms with van der Waals surface area (Å²) in [4.78, 5) is 26.9. The Labute approximate surface area is 179 Å². The van der Waals surface area contributed by atoms with Crippen LogP contribution in [0.15, 0.2) is 53.0 Å². The first-order valence-electron chi connectivity index (χ1n) is 8.99. The summed E-state index contributed by atoms with van der Waals surface area (Å²) >= 11 is 9.30. The number of carbonyl (C=O) groups excluding carboxylic acids is 2. The average Bonchev–Trinajstić information content (AvgIpc) is 2.64. The molecule has 0 bridgehead atoms. The largest absolute Gasteiger partial charge is 0.484 e. The molecule has 0 radical (unpaired) electrons. The number of benzene rings is 2. The number of carbonyl (C=O) groups is 2. The summed E-state index contributed by atoms with van der Waals surface area (Å²) in [5.74, 6) is 0.0608. The highest BCUT2D eigenvalue weighted by molar-refractivity contribution is 9.10. The molecule has 1 unspecified atom stereocenters. The van der Waals surface area contributed by atoms with Crippen LogP contribution < -0.4 is 10.1 Å². The molecule has 7 heteroatoms. The van der Waals surface area contributed by atoms with Crippen molar-refractivity contribution >= 4 is 39.3 Å². The van der Waals surface area contributed by atoms with Gasteiger partial charge in [-0.05, 0) is 62.7 Å². The van der Waals surface area contributed by atoms with Gasteiger partial charge in [-0.15, -0.1) is 0 Å². The third kappa shape index (κ3) is 6.84. The van der Waals surface area contributed by atoms with Gasteiger partial charge in [-0.3, -0.25) is 9.59 Å². The maximum atomic E-state index is 12.9. The van der Waals surface area contributed by atoms with Gasteiger partial charge < -0.3 is 15.0 Å². The number of halogens is 2. The van der Waals surface area contributed by atoms with Crippen LogP contribution in [0.4, 0.5) is 0 Å². The molecule has 2 aromatic carbocycles. The van der Waals surface area contributed by atoms with E-state index in [-0.39, 0.29) is 24.5 Å². The van der Waals surface area contributed by atoms with E-state index in [9.17, 15) is 9.59 Å². The number of amides is 2. The second-order valence-electron chi connectivity index (χ2n) is 6.73. The van der Waals surface area contributed by atoms with Crippen LogP contribution in [0.5, 0.6) is 5.75 Å². The number of rotatable bonds is 8. The number of hydrogen-bond donors (Lipinski definition) is 1. The van der Waals surface area contributed by atoms with E-state index in [2.05, 4.69) is 21.2 Å². The summed E-state index contributed by atoms with van der Waals surface area (Å²) in [5.41, 5.74) is 0.915. The summed E-state index contributed by atoms with van der Waals surface area (Å²) in [6.45, 7) is 5.61. The second kappa shape index (κ2) is 10.5. The molecule has 0 heterocycles. The average molecular weight is 468 g/mol. The van der Waals surface area contributed by atoms with Crippen molar-refractivity contribution < 1.29 is 14.3 Å². The highest BCUT2D eigenvalue weighted by atomic mass is 79.9. The molecule has 1 N–H and O–H groups in total. The van der Waals surface area contributed by atoms with Gasteiger partial charge in [-0.25, -0.2) is 0 Å².